The second-order valence-corrected chi connectivity index (χ2v) is 7.25. The van der Waals surface area contributed by atoms with Crippen LogP contribution in [0.4, 0.5) is 0 Å². The van der Waals surface area contributed by atoms with E-state index >= 15 is 0 Å². The zero-order chi connectivity index (χ0) is 14.4. The summed E-state index contributed by atoms with van der Waals surface area (Å²) in [5.74, 6) is 0.644. The predicted octanol–water partition coefficient (Wildman–Crippen LogP) is 3.05. The molecule has 1 atom stereocenters. The SMILES string of the molecule is CCCC1CNC2(CCCC2)CN1CCOCC(C)C. The highest BCUT2D eigenvalue weighted by atomic mass is 16.5. The fraction of sp³-hybridized carbons (Fsp3) is 1.00. The van der Waals surface area contributed by atoms with E-state index in [0.29, 0.717) is 17.5 Å². The first kappa shape index (κ1) is 16.3. The van der Waals surface area contributed by atoms with Crippen molar-refractivity contribution in [2.75, 3.05) is 32.8 Å². The second-order valence-electron chi connectivity index (χ2n) is 7.25. The van der Waals surface area contributed by atoms with Crippen LogP contribution in [-0.2, 0) is 4.74 Å². The van der Waals surface area contributed by atoms with Gasteiger partial charge in [0.2, 0.25) is 0 Å². The minimum atomic E-state index is 0.433. The molecule has 1 spiro atoms. The highest BCUT2D eigenvalue weighted by molar-refractivity contribution is 5.00. The molecule has 2 rings (SSSR count). The van der Waals surface area contributed by atoms with Gasteiger partial charge in [0.15, 0.2) is 0 Å². The van der Waals surface area contributed by atoms with Gasteiger partial charge in [-0.2, -0.15) is 0 Å². The molecular weight excluding hydrogens is 248 g/mol. The van der Waals surface area contributed by atoms with Crippen LogP contribution in [0.15, 0.2) is 0 Å². The quantitative estimate of drug-likeness (QED) is 0.726. The number of nitrogens with zero attached hydrogens (tertiary/aromatic N) is 1. The van der Waals surface area contributed by atoms with E-state index < -0.39 is 0 Å². The zero-order valence-electron chi connectivity index (χ0n) is 13.8. The maximum Gasteiger partial charge on any atom is 0.0593 e. The van der Waals surface area contributed by atoms with E-state index in [1.807, 2.05) is 0 Å². The average Bonchev–Trinajstić information content (AvgIpc) is 2.86. The lowest BCUT2D eigenvalue weighted by Crippen LogP contribution is -2.63. The number of nitrogens with one attached hydrogen (secondary N) is 1. The summed E-state index contributed by atoms with van der Waals surface area (Å²) in [6.07, 6.45) is 8.15. The summed E-state index contributed by atoms with van der Waals surface area (Å²) in [6, 6.07) is 0.717. The van der Waals surface area contributed by atoms with Gasteiger partial charge in [0.05, 0.1) is 6.61 Å². The van der Waals surface area contributed by atoms with E-state index in [2.05, 4.69) is 31.0 Å². The van der Waals surface area contributed by atoms with Crippen molar-refractivity contribution in [1.29, 1.82) is 0 Å². The van der Waals surface area contributed by atoms with Gasteiger partial charge in [-0.3, -0.25) is 4.90 Å². The number of hydrogen-bond acceptors (Lipinski definition) is 3. The van der Waals surface area contributed by atoms with Crippen molar-refractivity contribution in [3.8, 4) is 0 Å². The Hall–Kier alpha value is -0.120. The summed E-state index contributed by atoms with van der Waals surface area (Å²) >= 11 is 0. The molecular formula is C17H34N2O. The predicted molar refractivity (Wildman–Crippen MR) is 85.1 cm³/mol. The largest absolute Gasteiger partial charge is 0.380 e. The molecule has 1 heterocycles. The summed E-state index contributed by atoms with van der Waals surface area (Å²) in [4.78, 5) is 2.71. The molecule has 0 bridgehead atoms. The van der Waals surface area contributed by atoms with Gasteiger partial charge in [0.25, 0.3) is 0 Å². The Morgan fingerprint density at radius 2 is 2.05 bits per heavy atom. The summed E-state index contributed by atoms with van der Waals surface area (Å²) in [7, 11) is 0. The first-order valence-corrected chi connectivity index (χ1v) is 8.72. The molecule has 0 aromatic heterocycles. The summed E-state index contributed by atoms with van der Waals surface area (Å²) < 4.78 is 5.81. The topological polar surface area (TPSA) is 24.5 Å². The Balaban J connectivity index is 1.82. The van der Waals surface area contributed by atoms with Crippen LogP contribution in [0.2, 0.25) is 0 Å². The van der Waals surface area contributed by atoms with E-state index in [-0.39, 0.29) is 0 Å². The Bertz CT molecular complexity index is 274. The number of piperazine rings is 1. The summed E-state index contributed by atoms with van der Waals surface area (Å²) in [5.41, 5.74) is 0.433. The van der Waals surface area contributed by atoms with Crippen LogP contribution in [0.25, 0.3) is 0 Å². The van der Waals surface area contributed by atoms with Gasteiger partial charge in [0.1, 0.15) is 0 Å². The van der Waals surface area contributed by atoms with Crippen LogP contribution in [0.3, 0.4) is 0 Å². The molecule has 1 unspecified atom stereocenters. The molecule has 2 fully saturated rings. The minimum Gasteiger partial charge on any atom is -0.380 e. The first-order valence-electron chi connectivity index (χ1n) is 8.72. The summed E-state index contributed by atoms with van der Waals surface area (Å²) in [6.45, 7) is 12.1. The van der Waals surface area contributed by atoms with Crippen molar-refractivity contribution < 1.29 is 4.74 Å². The normalized spacial score (nSPS) is 26.7. The van der Waals surface area contributed by atoms with Crippen molar-refractivity contribution in [1.82, 2.24) is 10.2 Å². The summed E-state index contributed by atoms with van der Waals surface area (Å²) in [5, 5.41) is 3.89. The Morgan fingerprint density at radius 3 is 2.70 bits per heavy atom. The monoisotopic (exact) mass is 282 g/mol. The van der Waals surface area contributed by atoms with Gasteiger partial charge >= 0.3 is 0 Å². The molecule has 1 aliphatic carbocycles. The molecule has 118 valence electrons. The maximum absolute atomic E-state index is 5.81. The van der Waals surface area contributed by atoms with Crippen LogP contribution in [0.1, 0.15) is 59.3 Å². The number of ether oxygens (including phenoxy) is 1. The molecule has 20 heavy (non-hydrogen) atoms. The lowest BCUT2D eigenvalue weighted by atomic mass is 9.91. The average molecular weight is 282 g/mol. The number of hydrogen-bond donors (Lipinski definition) is 1. The minimum absolute atomic E-state index is 0.433. The third-order valence-corrected chi connectivity index (χ3v) is 4.89. The van der Waals surface area contributed by atoms with Gasteiger partial charge in [0, 0.05) is 37.8 Å². The van der Waals surface area contributed by atoms with Gasteiger partial charge in [-0.1, -0.05) is 40.0 Å². The van der Waals surface area contributed by atoms with Crippen molar-refractivity contribution in [3.63, 3.8) is 0 Å². The van der Waals surface area contributed by atoms with Gasteiger partial charge in [-0.15, -0.1) is 0 Å². The smallest absolute Gasteiger partial charge is 0.0593 e. The van der Waals surface area contributed by atoms with Crippen molar-refractivity contribution in [2.45, 2.75) is 70.9 Å². The van der Waals surface area contributed by atoms with Crippen LogP contribution < -0.4 is 5.32 Å². The highest BCUT2D eigenvalue weighted by Crippen LogP contribution is 2.33. The maximum atomic E-state index is 5.81. The third kappa shape index (κ3) is 4.44. The third-order valence-electron chi connectivity index (χ3n) is 4.89. The van der Waals surface area contributed by atoms with Crippen molar-refractivity contribution >= 4 is 0 Å². The molecule has 1 saturated heterocycles. The Labute approximate surface area is 125 Å². The van der Waals surface area contributed by atoms with Crippen LogP contribution in [-0.4, -0.2) is 49.3 Å². The van der Waals surface area contributed by atoms with Gasteiger partial charge in [-0.25, -0.2) is 0 Å². The van der Waals surface area contributed by atoms with E-state index in [1.54, 1.807) is 0 Å². The van der Waals surface area contributed by atoms with Crippen LogP contribution in [0.5, 0.6) is 0 Å². The standard InChI is InChI=1S/C17H34N2O/c1-4-7-16-12-18-17(8-5-6-9-17)14-19(16)10-11-20-13-15(2)3/h15-16,18H,4-14H2,1-3H3. The van der Waals surface area contributed by atoms with Crippen LogP contribution in [0, 0.1) is 5.92 Å². The zero-order valence-corrected chi connectivity index (χ0v) is 13.8. The molecule has 3 nitrogen and oxygen atoms in total. The van der Waals surface area contributed by atoms with Crippen molar-refractivity contribution in [2.24, 2.45) is 5.92 Å². The van der Waals surface area contributed by atoms with Gasteiger partial charge in [-0.05, 0) is 25.2 Å². The van der Waals surface area contributed by atoms with Crippen LogP contribution >= 0.6 is 0 Å². The van der Waals surface area contributed by atoms with E-state index in [1.165, 1.54) is 51.6 Å². The number of rotatable bonds is 7. The van der Waals surface area contributed by atoms with E-state index in [0.717, 1.165) is 19.8 Å². The lowest BCUT2D eigenvalue weighted by molar-refractivity contribution is 0.0324. The first-order chi connectivity index (χ1) is 9.65. The Kier molecular flexibility index (Phi) is 6.31. The fourth-order valence-electron chi connectivity index (χ4n) is 3.80. The molecule has 0 radical (unpaired) electrons. The fourth-order valence-corrected chi connectivity index (χ4v) is 3.80. The molecule has 0 aromatic carbocycles. The van der Waals surface area contributed by atoms with E-state index in [4.69, 9.17) is 4.74 Å². The molecule has 1 aliphatic heterocycles. The molecule has 3 heteroatoms. The van der Waals surface area contributed by atoms with Crippen molar-refractivity contribution in [3.05, 3.63) is 0 Å². The molecule has 0 aromatic rings. The second kappa shape index (κ2) is 7.77. The Morgan fingerprint density at radius 1 is 1.30 bits per heavy atom. The molecule has 1 saturated carbocycles. The highest BCUT2D eigenvalue weighted by Gasteiger charge is 2.40. The molecule has 0 amide bonds. The molecule has 1 N–H and O–H groups in total. The lowest BCUT2D eigenvalue weighted by Gasteiger charge is -2.46. The van der Waals surface area contributed by atoms with E-state index in [9.17, 15) is 0 Å². The molecule has 2 aliphatic rings. The van der Waals surface area contributed by atoms with Gasteiger partial charge < -0.3 is 10.1 Å².